The van der Waals surface area contributed by atoms with Crippen molar-refractivity contribution >= 4 is 58.6 Å². The first-order chi connectivity index (χ1) is 14.7. The van der Waals surface area contributed by atoms with Crippen molar-refractivity contribution in [1.29, 1.82) is 0 Å². The Bertz CT molecular complexity index is 975. The third-order valence-corrected chi connectivity index (χ3v) is 4.48. The van der Waals surface area contributed by atoms with Gasteiger partial charge in [0.05, 0.1) is 5.56 Å². The summed E-state index contributed by atoms with van der Waals surface area (Å²) in [6.07, 6.45) is -1.78. The number of allylic oxidation sites excluding steroid dienone is 1. The van der Waals surface area contributed by atoms with Gasteiger partial charge in [-0.15, -0.1) is 0 Å². The first-order valence-electron chi connectivity index (χ1n) is 9.50. The highest BCUT2D eigenvalue weighted by molar-refractivity contribution is 6.67. The molecule has 0 spiro atoms. The molecule has 8 nitrogen and oxygen atoms in total. The predicted molar refractivity (Wildman–Crippen MR) is 119 cm³/mol. The Balaban J connectivity index is 2.18. The van der Waals surface area contributed by atoms with Crippen molar-refractivity contribution in [2.24, 2.45) is 0 Å². The summed E-state index contributed by atoms with van der Waals surface area (Å²) in [5.74, 6) is -1.07. The third kappa shape index (κ3) is 7.12. The molecule has 0 aromatic heterocycles. The van der Waals surface area contributed by atoms with E-state index < -0.39 is 39.8 Å². The Kier molecular flexibility index (Phi) is 8.20. The minimum atomic E-state index is -1.84. The fourth-order valence-corrected chi connectivity index (χ4v) is 3.03. The lowest BCUT2D eigenvalue weighted by Gasteiger charge is -2.22. The van der Waals surface area contributed by atoms with Crippen molar-refractivity contribution in [3.8, 4) is 5.75 Å². The largest absolute Gasteiger partial charge is 0.514 e. The fraction of sp³-hybridized carbons (Fsp3) is 0.429. The summed E-state index contributed by atoms with van der Waals surface area (Å²) in [6, 6.07) is 4.26. The van der Waals surface area contributed by atoms with Gasteiger partial charge >= 0.3 is 12.2 Å². The molecule has 0 heterocycles. The minimum absolute atomic E-state index is 0.0598. The highest BCUT2D eigenvalue weighted by Gasteiger charge is 2.33. The number of rotatable bonds is 5. The lowest BCUT2D eigenvalue weighted by Crippen LogP contribution is -2.34. The van der Waals surface area contributed by atoms with Crippen LogP contribution < -0.4 is 10.1 Å². The van der Waals surface area contributed by atoms with Crippen LogP contribution in [0.1, 0.15) is 54.8 Å². The second-order valence-electron chi connectivity index (χ2n) is 7.88. The molecule has 1 aliphatic carbocycles. The molecule has 1 aromatic rings. The van der Waals surface area contributed by atoms with Crippen molar-refractivity contribution in [2.45, 2.75) is 43.5 Å². The minimum Gasteiger partial charge on any atom is -0.444 e. The Hall–Kier alpha value is -2.29. The Morgan fingerprint density at radius 1 is 1.06 bits per heavy atom. The molecule has 1 N–H and O–H groups in total. The van der Waals surface area contributed by atoms with Crippen LogP contribution in [0.4, 0.5) is 9.59 Å². The summed E-state index contributed by atoms with van der Waals surface area (Å²) in [7, 11) is 0. The smallest absolute Gasteiger partial charge is 0.444 e. The molecule has 0 unspecified atom stereocenters. The van der Waals surface area contributed by atoms with Crippen LogP contribution in [0, 0.1) is 0 Å². The zero-order valence-electron chi connectivity index (χ0n) is 17.8. The lowest BCUT2D eigenvalue weighted by molar-refractivity contribution is 0.0527. The number of fused-ring (bicyclic) bond motifs is 1. The van der Waals surface area contributed by atoms with Crippen LogP contribution in [0.2, 0.25) is 0 Å². The molecule has 174 valence electrons. The van der Waals surface area contributed by atoms with Gasteiger partial charge in [0.15, 0.2) is 11.6 Å². The van der Waals surface area contributed by atoms with Crippen molar-refractivity contribution in [3.05, 3.63) is 40.5 Å². The van der Waals surface area contributed by atoms with Gasteiger partial charge in [-0.2, -0.15) is 0 Å². The maximum absolute atomic E-state index is 13.1. The van der Waals surface area contributed by atoms with Crippen molar-refractivity contribution in [2.75, 3.05) is 13.2 Å². The standard InChI is InChI=1S/C21H22Cl3NO7/c1-11-12(8-9-25-18(28)32-20(2,3)4)17(27)15-13(16(11)26)6-5-7-14(15)31-19(29)30-10-21(22,23)24/h5-7H,8-10H2,1-4H3,(H,25,28). The molecule has 1 amide bonds. The predicted octanol–water partition coefficient (Wildman–Crippen LogP) is 5.18. The van der Waals surface area contributed by atoms with Gasteiger partial charge in [-0.05, 0) is 40.2 Å². The van der Waals surface area contributed by atoms with Crippen molar-refractivity contribution in [3.63, 3.8) is 0 Å². The number of alkyl halides is 3. The number of ketones is 2. The van der Waals surface area contributed by atoms with Crippen molar-refractivity contribution < 1.29 is 33.4 Å². The van der Waals surface area contributed by atoms with E-state index in [2.05, 4.69) is 5.32 Å². The van der Waals surface area contributed by atoms with Crippen LogP contribution in [-0.4, -0.2) is 46.4 Å². The summed E-state index contributed by atoms with van der Waals surface area (Å²) in [5.41, 5.74) is -0.246. The maximum atomic E-state index is 13.1. The van der Waals surface area contributed by atoms with E-state index in [0.717, 1.165) is 0 Å². The zero-order chi connectivity index (χ0) is 24.3. The van der Waals surface area contributed by atoms with Gasteiger partial charge in [0.25, 0.3) is 0 Å². The number of nitrogens with one attached hydrogen (secondary N) is 1. The molecule has 0 saturated heterocycles. The van der Waals surface area contributed by atoms with Gasteiger partial charge in [0.2, 0.25) is 3.79 Å². The first kappa shape index (κ1) is 26.0. The monoisotopic (exact) mass is 505 g/mol. The second-order valence-corrected chi connectivity index (χ2v) is 10.4. The van der Waals surface area contributed by atoms with Crippen LogP contribution in [0.3, 0.4) is 0 Å². The number of alkyl carbamates (subject to hydrolysis) is 1. The number of ether oxygens (including phenoxy) is 3. The van der Waals surface area contributed by atoms with Gasteiger partial charge < -0.3 is 19.5 Å². The van der Waals surface area contributed by atoms with Gasteiger partial charge in [-0.25, -0.2) is 9.59 Å². The van der Waals surface area contributed by atoms with Gasteiger partial charge in [-0.1, -0.05) is 46.9 Å². The Morgan fingerprint density at radius 2 is 1.72 bits per heavy atom. The van der Waals surface area contributed by atoms with Crippen LogP contribution in [0.5, 0.6) is 5.75 Å². The molecule has 0 fully saturated rings. The number of amides is 1. The lowest BCUT2D eigenvalue weighted by atomic mass is 9.83. The van der Waals surface area contributed by atoms with E-state index in [4.69, 9.17) is 49.0 Å². The molecule has 32 heavy (non-hydrogen) atoms. The zero-order valence-corrected chi connectivity index (χ0v) is 20.1. The Morgan fingerprint density at radius 3 is 2.31 bits per heavy atom. The van der Waals surface area contributed by atoms with Crippen LogP contribution >= 0.6 is 34.8 Å². The van der Waals surface area contributed by atoms with E-state index in [0.29, 0.717) is 0 Å². The number of carbonyl (C=O) groups is 4. The first-order valence-corrected chi connectivity index (χ1v) is 10.6. The van der Waals surface area contributed by atoms with E-state index >= 15 is 0 Å². The summed E-state index contributed by atoms with van der Waals surface area (Å²) in [4.78, 5) is 49.7. The molecule has 0 aliphatic heterocycles. The molecule has 0 atom stereocenters. The number of benzene rings is 1. The molecule has 0 saturated carbocycles. The fourth-order valence-electron chi connectivity index (χ4n) is 2.86. The average Bonchev–Trinajstić information content (AvgIpc) is 2.65. The summed E-state index contributed by atoms with van der Waals surface area (Å²) >= 11 is 16.6. The van der Waals surface area contributed by atoms with Crippen LogP contribution in [0.15, 0.2) is 29.3 Å². The Labute approximate surface area is 200 Å². The second kappa shape index (κ2) is 10.1. The van der Waals surface area contributed by atoms with Gasteiger partial charge in [-0.3, -0.25) is 9.59 Å². The maximum Gasteiger partial charge on any atom is 0.514 e. The quantitative estimate of drug-likeness (QED) is 0.333. The molecule has 0 radical (unpaired) electrons. The number of carbonyl (C=O) groups excluding carboxylic acids is 4. The molecule has 2 rings (SSSR count). The number of Topliss-reactive ketones (excluding diaryl/α,β-unsaturated/α-hetero) is 2. The normalized spacial score (nSPS) is 14.1. The summed E-state index contributed by atoms with van der Waals surface area (Å²) < 4.78 is 13.1. The SMILES string of the molecule is CC1=C(CCNC(=O)OC(C)(C)C)C(=O)c2c(OC(=O)OCC(Cl)(Cl)Cl)cccc2C1=O. The van der Waals surface area contributed by atoms with Crippen LogP contribution in [-0.2, 0) is 9.47 Å². The van der Waals surface area contributed by atoms with Gasteiger partial charge in [0, 0.05) is 23.3 Å². The molecule has 1 aromatic carbocycles. The third-order valence-electron chi connectivity index (χ3n) is 4.16. The molecular weight excluding hydrogens is 485 g/mol. The topological polar surface area (TPSA) is 108 Å². The van der Waals surface area contributed by atoms with E-state index in [1.54, 1.807) is 20.8 Å². The molecule has 1 aliphatic rings. The molecule has 0 bridgehead atoms. The van der Waals surface area contributed by atoms with Crippen molar-refractivity contribution in [1.82, 2.24) is 5.32 Å². The highest BCUT2D eigenvalue weighted by Crippen LogP contribution is 2.34. The van der Waals surface area contributed by atoms with E-state index in [1.807, 2.05) is 0 Å². The average molecular weight is 507 g/mol. The summed E-state index contributed by atoms with van der Waals surface area (Å²) in [5, 5.41) is 2.54. The highest BCUT2D eigenvalue weighted by atomic mass is 35.6. The van der Waals surface area contributed by atoms with E-state index in [-0.39, 0.29) is 41.0 Å². The number of hydrogen-bond acceptors (Lipinski definition) is 7. The molecular formula is C21H22Cl3NO7. The summed E-state index contributed by atoms with van der Waals surface area (Å²) in [6.45, 7) is 6.18. The number of hydrogen-bond donors (Lipinski definition) is 1. The molecule has 11 heteroatoms. The van der Waals surface area contributed by atoms with Crippen LogP contribution in [0.25, 0.3) is 0 Å². The van der Waals surface area contributed by atoms with E-state index in [9.17, 15) is 19.2 Å². The van der Waals surface area contributed by atoms with Gasteiger partial charge in [0.1, 0.15) is 18.0 Å². The van der Waals surface area contributed by atoms with E-state index in [1.165, 1.54) is 25.1 Å². The number of halogens is 3.